The molecular weight excluding hydrogens is 256 g/mol. The molecule has 1 aromatic carbocycles. The van der Waals surface area contributed by atoms with Crippen molar-refractivity contribution in [2.24, 2.45) is 17.8 Å². The van der Waals surface area contributed by atoms with Crippen LogP contribution < -0.4 is 5.32 Å². The van der Waals surface area contributed by atoms with E-state index in [9.17, 15) is 14.9 Å². The van der Waals surface area contributed by atoms with Crippen LogP contribution in [-0.2, 0) is 0 Å². The van der Waals surface area contributed by atoms with Gasteiger partial charge in [-0.05, 0) is 23.8 Å². The molecule has 5 heteroatoms. The molecule has 0 saturated carbocycles. The number of rotatable bonds is 6. The van der Waals surface area contributed by atoms with E-state index in [1.165, 1.54) is 18.2 Å². The van der Waals surface area contributed by atoms with E-state index in [0.29, 0.717) is 29.9 Å². The van der Waals surface area contributed by atoms with Crippen molar-refractivity contribution in [2.75, 3.05) is 6.54 Å². The standard InChI is InChI=1S/C15H22N2O3/c1-10(2)14(11(3)4)9-16-15(18)12-6-5-7-13(8-12)17(19)20/h5-8,10-11,14H,9H2,1-4H3,(H,16,18). The van der Waals surface area contributed by atoms with Gasteiger partial charge in [0, 0.05) is 24.2 Å². The SMILES string of the molecule is CC(C)C(CNC(=O)c1cccc([N+](=O)[O-])c1)C(C)C. The molecule has 110 valence electrons. The highest BCUT2D eigenvalue weighted by Crippen LogP contribution is 2.20. The molecule has 0 aromatic heterocycles. The van der Waals surface area contributed by atoms with Crippen molar-refractivity contribution in [3.8, 4) is 0 Å². The molecule has 0 bridgehead atoms. The number of amides is 1. The lowest BCUT2D eigenvalue weighted by atomic mass is 9.85. The third-order valence-electron chi connectivity index (χ3n) is 3.53. The Morgan fingerprint density at radius 1 is 1.25 bits per heavy atom. The summed E-state index contributed by atoms with van der Waals surface area (Å²) in [6.07, 6.45) is 0. The second kappa shape index (κ2) is 7.03. The maximum Gasteiger partial charge on any atom is 0.270 e. The number of non-ortho nitro benzene ring substituents is 1. The van der Waals surface area contributed by atoms with E-state index in [2.05, 4.69) is 33.0 Å². The van der Waals surface area contributed by atoms with Crippen LogP contribution in [0.2, 0.25) is 0 Å². The highest BCUT2D eigenvalue weighted by Gasteiger charge is 2.19. The summed E-state index contributed by atoms with van der Waals surface area (Å²) in [4.78, 5) is 22.2. The van der Waals surface area contributed by atoms with Crippen LogP contribution in [0.5, 0.6) is 0 Å². The van der Waals surface area contributed by atoms with Crippen LogP contribution in [0.3, 0.4) is 0 Å². The lowest BCUT2D eigenvalue weighted by molar-refractivity contribution is -0.384. The van der Waals surface area contributed by atoms with Gasteiger partial charge in [0.25, 0.3) is 11.6 Å². The van der Waals surface area contributed by atoms with Crippen LogP contribution in [0, 0.1) is 27.9 Å². The first-order valence-corrected chi connectivity index (χ1v) is 6.85. The third-order valence-corrected chi connectivity index (χ3v) is 3.53. The largest absolute Gasteiger partial charge is 0.352 e. The van der Waals surface area contributed by atoms with Crippen molar-refractivity contribution in [3.05, 3.63) is 39.9 Å². The van der Waals surface area contributed by atoms with Crippen molar-refractivity contribution < 1.29 is 9.72 Å². The van der Waals surface area contributed by atoms with Gasteiger partial charge in [-0.2, -0.15) is 0 Å². The van der Waals surface area contributed by atoms with Gasteiger partial charge in [0.2, 0.25) is 0 Å². The second-order valence-corrected chi connectivity index (χ2v) is 5.67. The minimum absolute atomic E-state index is 0.0677. The summed E-state index contributed by atoms with van der Waals surface area (Å²) >= 11 is 0. The summed E-state index contributed by atoms with van der Waals surface area (Å²) in [5.41, 5.74) is 0.257. The van der Waals surface area contributed by atoms with Gasteiger partial charge in [-0.15, -0.1) is 0 Å². The molecule has 0 unspecified atom stereocenters. The van der Waals surface area contributed by atoms with Crippen molar-refractivity contribution in [1.82, 2.24) is 5.32 Å². The quantitative estimate of drug-likeness (QED) is 0.641. The molecule has 0 spiro atoms. The number of carbonyl (C=O) groups excluding carboxylic acids is 1. The number of nitrogens with one attached hydrogen (secondary N) is 1. The fraction of sp³-hybridized carbons (Fsp3) is 0.533. The molecule has 0 radical (unpaired) electrons. The van der Waals surface area contributed by atoms with Crippen LogP contribution in [-0.4, -0.2) is 17.4 Å². The Bertz CT molecular complexity index is 476. The molecular formula is C15H22N2O3. The lowest BCUT2D eigenvalue weighted by Gasteiger charge is -2.25. The van der Waals surface area contributed by atoms with Crippen molar-refractivity contribution in [2.45, 2.75) is 27.7 Å². The summed E-state index contributed by atoms with van der Waals surface area (Å²) in [6, 6.07) is 5.79. The normalized spacial score (nSPS) is 11.2. The molecule has 0 fully saturated rings. The predicted octanol–water partition coefficient (Wildman–Crippen LogP) is 3.25. The zero-order chi connectivity index (χ0) is 15.3. The smallest absolute Gasteiger partial charge is 0.270 e. The molecule has 5 nitrogen and oxygen atoms in total. The summed E-state index contributed by atoms with van der Waals surface area (Å²) in [7, 11) is 0. The maximum absolute atomic E-state index is 12.0. The number of hydrogen-bond acceptors (Lipinski definition) is 3. The van der Waals surface area contributed by atoms with Crippen molar-refractivity contribution in [3.63, 3.8) is 0 Å². The van der Waals surface area contributed by atoms with Crippen molar-refractivity contribution >= 4 is 11.6 Å². The molecule has 1 amide bonds. The molecule has 0 atom stereocenters. The third kappa shape index (κ3) is 4.33. The van der Waals surface area contributed by atoms with E-state index in [0.717, 1.165) is 0 Å². The van der Waals surface area contributed by atoms with Crippen LogP contribution in [0.15, 0.2) is 24.3 Å². The Morgan fingerprint density at radius 2 is 1.85 bits per heavy atom. The minimum Gasteiger partial charge on any atom is -0.352 e. The van der Waals surface area contributed by atoms with Crippen LogP contribution in [0.4, 0.5) is 5.69 Å². The Labute approximate surface area is 119 Å². The molecule has 0 aliphatic rings. The molecule has 1 rings (SSSR count). The number of benzene rings is 1. The van der Waals surface area contributed by atoms with Crippen LogP contribution >= 0.6 is 0 Å². The maximum atomic E-state index is 12.0. The van der Waals surface area contributed by atoms with Gasteiger partial charge in [-0.3, -0.25) is 14.9 Å². The molecule has 0 aliphatic carbocycles. The number of hydrogen-bond donors (Lipinski definition) is 1. The molecule has 0 heterocycles. The van der Waals surface area contributed by atoms with Crippen LogP contribution in [0.1, 0.15) is 38.1 Å². The van der Waals surface area contributed by atoms with E-state index in [1.54, 1.807) is 6.07 Å². The number of carbonyl (C=O) groups is 1. The molecule has 1 N–H and O–H groups in total. The Kier molecular flexibility index (Phi) is 5.67. The molecule has 0 saturated heterocycles. The fourth-order valence-corrected chi connectivity index (χ4v) is 2.31. The van der Waals surface area contributed by atoms with Gasteiger partial charge in [0.15, 0.2) is 0 Å². The monoisotopic (exact) mass is 278 g/mol. The summed E-state index contributed by atoms with van der Waals surface area (Å²) in [6.45, 7) is 9.10. The number of nitro benzene ring substituents is 1. The van der Waals surface area contributed by atoms with Gasteiger partial charge in [-0.25, -0.2) is 0 Å². The van der Waals surface area contributed by atoms with E-state index < -0.39 is 4.92 Å². The Balaban J connectivity index is 2.72. The van der Waals surface area contributed by atoms with E-state index in [-0.39, 0.29) is 11.6 Å². The minimum atomic E-state index is -0.498. The van der Waals surface area contributed by atoms with Gasteiger partial charge in [0.1, 0.15) is 0 Å². The first-order chi connectivity index (χ1) is 9.32. The van der Waals surface area contributed by atoms with Crippen LogP contribution in [0.25, 0.3) is 0 Å². The second-order valence-electron chi connectivity index (χ2n) is 5.67. The van der Waals surface area contributed by atoms with E-state index in [4.69, 9.17) is 0 Å². The Morgan fingerprint density at radius 3 is 2.35 bits per heavy atom. The average molecular weight is 278 g/mol. The first-order valence-electron chi connectivity index (χ1n) is 6.85. The first kappa shape index (κ1) is 16.1. The molecule has 20 heavy (non-hydrogen) atoms. The highest BCUT2D eigenvalue weighted by molar-refractivity contribution is 5.94. The summed E-state index contributed by atoms with van der Waals surface area (Å²) < 4.78 is 0. The van der Waals surface area contributed by atoms with Gasteiger partial charge in [0.05, 0.1) is 4.92 Å². The van der Waals surface area contributed by atoms with E-state index >= 15 is 0 Å². The summed E-state index contributed by atoms with van der Waals surface area (Å²) in [5.74, 6) is 1.07. The molecule has 1 aromatic rings. The zero-order valence-electron chi connectivity index (χ0n) is 12.4. The number of nitro groups is 1. The average Bonchev–Trinajstić information content (AvgIpc) is 2.38. The van der Waals surface area contributed by atoms with Gasteiger partial charge >= 0.3 is 0 Å². The topological polar surface area (TPSA) is 72.2 Å². The summed E-state index contributed by atoms with van der Waals surface area (Å²) in [5, 5.41) is 13.6. The fourth-order valence-electron chi connectivity index (χ4n) is 2.31. The van der Waals surface area contributed by atoms with Gasteiger partial charge < -0.3 is 5.32 Å². The zero-order valence-corrected chi connectivity index (χ0v) is 12.4. The van der Waals surface area contributed by atoms with Gasteiger partial charge in [-0.1, -0.05) is 33.8 Å². The van der Waals surface area contributed by atoms with Crippen molar-refractivity contribution in [1.29, 1.82) is 0 Å². The molecule has 0 aliphatic heterocycles. The number of nitrogens with zero attached hydrogens (tertiary/aromatic N) is 1. The highest BCUT2D eigenvalue weighted by atomic mass is 16.6. The Hall–Kier alpha value is -1.91. The van der Waals surface area contributed by atoms with E-state index in [1.807, 2.05) is 0 Å². The lowest BCUT2D eigenvalue weighted by Crippen LogP contribution is -2.33. The predicted molar refractivity (Wildman–Crippen MR) is 78.6 cm³/mol.